The van der Waals surface area contributed by atoms with Crippen LogP contribution in [0.2, 0.25) is 0 Å². The minimum Gasteiger partial charge on any atom is -0.388 e. The molecule has 1 unspecified atom stereocenters. The van der Waals surface area contributed by atoms with Gasteiger partial charge in [-0.25, -0.2) is 0 Å². The first-order chi connectivity index (χ1) is 9.34. The van der Waals surface area contributed by atoms with Gasteiger partial charge in [0, 0.05) is 37.6 Å². The van der Waals surface area contributed by atoms with Crippen LogP contribution in [0.4, 0.5) is 5.69 Å². The van der Waals surface area contributed by atoms with E-state index in [0.29, 0.717) is 0 Å². The molecule has 3 rings (SSSR count). The van der Waals surface area contributed by atoms with Gasteiger partial charge in [0.15, 0.2) is 0 Å². The molecule has 2 aliphatic heterocycles. The third-order valence-corrected chi connectivity index (χ3v) is 4.36. The van der Waals surface area contributed by atoms with Gasteiger partial charge in [-0.2, -0.15) is 0 Å². The number of rotatable bonds is 2. The number of hydrogen-bond acceptors (Lipinski definition) is 3. The van der Waals surface area contributed by atoms with Gasteiger partial charge in [-0.05, 0) is 37.7 Å². The number of aliphatic hydroxyl groups is 1. The van der Waals surface area contributed by atoms with Gasteiger partial charge in [-0.3, -0.25) is 0 Å². The average Bonchev–Trinajstić information content (AvgIpc) is 2.61. The van der Waals surface area contributed by atoms with Crippen LogP contribution in [0.25, 0.3) is 0 Å². The monoisotopic (exact) mass is 261 g/mol. The third-order valence-electron chi connectivity index (χ3n) is 4.36. The van der Waals surface area contributed by atoms with Crippen molar-refractivity contribution in [2.24, 2.45) is 5.92 Å². The molecule has 0 spiro atoms. The number of hydrogen-bond donors (Lipinski definition) is 1. The zero-order valence-electron chi connectivity index (χ0n) is 11.4. The molecule has 0 saturated carbocycles. The SMILES string of the molecule is OC1CCCN(CC2CCOCC2)c2ccccc21. The van der Waals surface area contributed by atoms with E-state index in [1.165, 1.54) is 18.5 Å². The van der Waals surface area contributed by atoms with Crippen LogP contribution in [0, 0.1) is 5.92 Å². The zero-order chi connectivity index (χ0) is 13.1. The van der Waals surface area contributed by atoms with Gasteiger partial charge < -0.3 is 14.7 Å². The second-order valence-corrected chi connectivity index (χ2v) is 5.72. The second kappa shape index (κ2) is 5.93. The Bertz CT molecular complexity index is 415. The summed E-state index contributed by atoms with van der Waals surface area (Å²) in [5, 5.41) is 10.2. The number of fused-ring (bicyclic) bond motifs is 1. The van der Waals surface area contributed by atoms with Crippen molar-refractivity contribution in [1.82, 2.24) is 0 Å². The molecule has 1 aromatic rings. The van der Waals surface area contributed by atoms with Crippen LogP contribution >= 0.6 is 0 Å². The van der Waals surface area contributed by atoms with Crippen LogP contribution in [0.3, 0.4) is 0 Å². The highest BCUT2D eigenvalue weighted by atomic mass is 16.5. The first-order valence-electron chi connectivity index (χ1n) is 7.44. The van der Waals surface area contributed by atoms with Gasteiger partial charge in [-0.15, -0.1) is 0 Å². The molecule has 0 bridgehead atoms. The molecule has 1 saturated heterocycles. The molecule has 0 radical (unpaired) electrons. The van der Waals surface area contributed by atoms with Gasteiger partial charge in [0.25, 0.3) is 0 Å². The largest absolute Gasteiger partial charge is 0.388 e. The highest BCUT2D eigenvalue weighted by molar-refractivity contribution is 5.55. The van der Waals surface area contributed by atoms with E-state index < -0.39 is 0 Å². The number of nitrogens with zero attached hydrogens (tertiary/aromatic N) is 1. The molecule has 0 aliphatic carbocycles. The molecular weight excluding hydrogens is 238 g/mol. The fraction of sp³-hybridized carbons (Fsp3) is 0.625. The molecule has 0 aromatic heterocycles. The molecule has 1 aromatic carbocycles. The summed E-state index contributed by atoms with van der Waals surface area (Å²) >= 11 is 0. The lowest BCUT2D eigenvalue weighted by Gasteiger charge is -2.31. The molecule has 2 heterocycles. The van der Waals surface area contributed by atoms with Gasteiger partial charge in [-0.1, -0.05) is 18.2 Å². The zero-order valence-corrected chi connectivity index (χ0v) is 11.4. The summed E-state index contributed by atoms with van der Waals surface area (Å²) in [6, 6.07) is 8.33. The van der Waals surface area contributed by atoms with Crippen molar-refractivity contribution < 1.29 is 9.84 Å². The van der Waals surface area contributed by atoms with E-state index in [1.807, 2.05) is 6.07 Å². The topological polar surface area (TPSA) is 32.7 Å². The van der Waals surface area contributed by atoms with Crippen LogP contribution < -0.4 is 4.90 Å². The van der Waals surface area contributed by atoms with E-state index in [1.54, 1.807) is 0 Å². The predicted molar refractivity (Wildman–Crippen MR) is 76.4 cm³/mol. The van der Waals surface area contributed by atoms with Crippen molar-refractivity contribution in [1.29, 1.82) is 0 Å². The Morgan fingerprint density at radius 1 is 1.16 bits per heavy atom. The van der Waals surface area contributed by atoms with E-state index >= 15 is 0 Å². The van der Waals surface area contributed by atoms with Crippen molar-refractivity contribution in [3.05, 3.63) is 29.8 Å². The maximum absolute atomic E-state index is 10.2. The Labute approximate surface area is 115 Å². The lowest BCUT2D eigenvalue weighted by molar-refractivity contribution is 0.0682. The minimum absolute atomic E-state index is 0.295. The Hall–Kier alpha value is -1.06. The Kier molecular flexibility index (Phi) is 4.04. The summed E-state index contributed by atoms with van der Waals surface area (Å²) in [4.78, 5) is 2.47. The number of para-hydroxylation sites is 1. The molecule has 1 atom stereocenters. The lowest BCUT2D eigenvalue weighted by Crippen LogP contribution is -2.33. The Morgan fingerprint density at radius 3 is 2.79 bits per heavy atom. The summed E-state index contributed by atoms with van der Waals surface area (Å²) in [5.41, 5.74) is 2.34. The molecule has 2 aliphatic rings. The summed E-state index contributed by atoms with van der Waals surface area (Å²) in [6.45, 7) is 3.98. The normalized spacial score (nSPS) is 24.9. The molecule has 3 nitrogen and oxygen atoms in total. The fourth-order valence-corrected chi connectivity index (χ4v) is 3.24. The summed E-state index contributed by atoms with van der Waals surface area (Å²) in [7, 11) is 0. The molecule has 1 fully saturated rings. The maximum atomic E-state index is 10.2. The van der Waals surface area contributed by atoms with Gasteiger partial charge in [0.2, 0.25) is 0 Å². The first kappa shape index (κ1) is 12.9. The molecule has 0 amide bonds. The third kappa shape index (κ3) is 2.93. The Morgan fingerprint density at radius 2 is 1.95 bits per heavy atom. The lowest BCUT2D eigenvalue weighted by atomic mass is 9.99. The van der Waals surface area contributed by atoms with Crippen molar-refractivity contribution in [2.45, 2.75) is 31.8 Å². The highest BCUT2D eigenvalue weighted by Gasteiger charge is 2.23. The summed E-state index contributed by atoms with van der Waals surface area (Å²) in [6.07, 6.45) is 3.99. The summed E-state index contributed by atoms with van der Waals surface area (Å²) < 4.78 is 5.44. The van der Waals surface area contributed by atoms with E-state index in [9.17, 15) is 5.11 Å². The van der Waals surface area contributed by atoms with Crippen LogP contribution in [-0.4, -0.2) is 31.4 Å². The van der Waals surface area contributed by atoms with Crippen molar-refractivity contribution in [2.75, 3.05) is 31.2 Å². The molecule has 104 valence electrons. The standard InChI is InChI=1S/C16H23NO2/c18-16-6-3-9-17(12-13-7-10-19-11-8-13)15-5-2-1-4-14(15)16/h1-2,4-5,13,16,18H,3,6-12H2. The fourth-order valence-electron chi connectivity index (χ4n) is 3.24. The molecule has 3 heteroatoms. The first-order valence-corrected chi connectivity index (χ1v) is 7.44. The van der Waals surface area contributed by atoms with E-state index in [-0.39, 0.29) is 6.10 Å². The molecule has 19 heavy (non-hydrogen) atoms. The number of benzene rings is 1. The summed E-state index contributed by atoms with van der Waals surface area (Å²) in [5.74, 6) is 0.733. The highest BCUT2D eigenvalue weighted by Crippen LogP contribution is 2.33. The number of ether oxygens (including phenoxy) is 1. The van der Waals surface area contributed by atoms with Gasteiger partial charge in [0.05, 0.1) is 6.10 Å². The smallest absolute Gasteiger partial charge is 0.0810 e. The molecular formula is C16H23NO2. The second-order valence-electron chi connectivity index (χ2n) is 5.72. The molecule has 1 N–H and O–H groups in total. The van der Waals surface area contributed by atoms with Crippen molar-refractivity contribution >= 4 is 5.69 Å². The van der Waals surface area contributed by atoms with E-state index in [0.717, 1.165) is 50.6 Å². The van der Waals surface area contributed by atoms with Crippen molar-refractivity contribution in [3.8, 4) is 0 Å². The van der Waals surface area contributed by atoms with E-state index in [2.05, 4.69) is 23.1 Å². The minimum atomic E-state index is -0.295. The van der Waals surface area contributed by atoms with Crippen LogP contribution in [0.5, 0.6) is 0 Å². The maximum Gasteiger partial charge on any atom is 0.0810 e. The van der Waals surface area contributed by atoms with Crippen molar-refractivity contribution in [3.63, 3.8) is 0 Å². The number of aliphatic hydroxyl groups excluding tert-OH is 1. The van der Waals surface area contributed by atoms with Crippen LogP contribution in [0.1, 0.15) is 37.4 Å². The van der Waals surface area contributed by atoms with Crippen LogP contribution in [0.15, 0.2) is 24.3 Å². The number of anilines is 1. The van der Waals surface area contributed by atoms with E-state index in [4.69, 9.17) is 4.74 Å². The van der Waals surface area contributed by atoms with Crippen LogP contribution in [-0.2, 0) is 4.74 Å². The predicted octanol–water partition coefficient (Wildman–Crippen LogP) is 2.75. The quantitative estimate of drug-likeness (QED) is 0.888. The van der Waals surface area contributed by atoms with Gasteiger partial charge >= 0.3 is 0 Å². The van der Waals surface area contributed by atoms with Gasteiger partial charge in [0.1, 0.15) is 0 Å². The average molecular weight is 261 g/mol. The Balaban J connectivity index is 1.78.